The predicted octanol–water partition coefficient (Wildman–Crippen LogP) is 0.247. The van der Waals surface area contributed by atoms with Crippen LogP contribution in [0.2, 0.25) is 12.6 Å². The summed E-state index contributed by atoms with van der Waals surface area (Å²) in [5, 5.41) is 11.5. The number of hydrogen-bond donors (Lipinski definition) is 0. The third-order valence-corrected chi connectivity index (χ3v) is 2.10. The molecular weight excluding hydrogens is 229 g/mol. The largest absolute Gasteiger partial charge is 0.462 e. The van der Waals surface area contributed by atoms with Crippen LogP contribution in [0, 0.1) is 5.21 Å². The highest BCUT2D eigenvalue weighted by Crippen LogP contribution is 2.01. The fourth-order valence-corrected chi connectivity index (χ4v) is 1.05. The van der Waals surface area contributed by atoms with Gasteiger partial charge in [0, 0.05) is 4.90 Å². The zero-order valence-electron chi connectivity index (χ0n) is 10.4. The third-order valence-electron chi connectivity index (χ3n) is 2.10. The molecule has 0 aromatic heterocycles. The number of nitrogens with zero attached hydrogens (tertiary/aromatic N) is 1. The summed E-state index contributed by atoms with van der Waals surface area (Å²) in [7, 11) is 2.10. The van der Waals surface area contributed by atoms with E-state index < -0.39 is 17.7 Å². The summed E-state index contributed by atoms with van der Waals surface area (Å²) in [6.45, 7) is 3.26. The van der Waals surface area contributed by atoms with Crippen LogP contribution in [0.1, 0.15) is 13.8 Å². The molecule has 0 atom stereocenters. The summed E-state index contributed by atoms with van der Waals surface area (Å²) in [5.41, 5.74) is -0.832. The predicted molar refractivity (Wildman–Crippen MR) is 60.5 cm³/mol. The van der Waals surface area contributed by atoms with Crippen LogP contribution in [0.15, 0.2) is 0 Å². The van der Waals surface area contributed by atoms with Gasteiger partial charge in [0.2, 0.25) is 0 Å². The van der Waals surface area contributed by atoms with Gasteiger partial charge in [-0.2, -0.15) is 0 Å². The first kappa shape index (κ1) is 15.3. The number of methoxy groups -OCH3 is 2. The maximum absolute atomic E-state index is 11.5. The Kier molecular flexibility index (Phi) is 6.77. The molecule has 0 unspecified atom stereocenters. The lowest BCUT2D eigenvalue weighted by Gasteiger charge is -2.13. The van der Waals surface area contributed by atoms with E-state index in [0.29, 0.717) is 12.6 Å². The van der Waals surface area contributed by atoms with Gasteiger partial charge in [-0.15, -0.1) is 0 Å². The Morgan fingerprint density at radius 3 is 1.82 bits per heavy atom. The van der Waals surface area contributed by atoms with E-state index in [-0.39, 0.29) is 11.8 Å². The average molecular weight is 245 g/mol. The minimum absolute atomic E-state index is 0.144. The highest BCUT2D eigenvalue weighted by molar-refractivity contribution is 6.60. The summed E-state index contributed by atoms with van der Waals surface area (Å²) < 4.78 is 13.5. The first-order chi connectivity index (χ1) is 8.01. The Balaban J connectivity index is 5.09. The minimum atomic E-state index is -1.10. The molecule has 0 rings (SSSR count). The summed E-state index contributed by atoms with van der Waals surface area (Å²) in [6.07, 6.45) is 1.15. The van der Waals surface area contributed by atoms with Crippen LogP contribution in [0.25, 0.3) is 0 Å². The molecule has 0 aromatic carbocycles. The molecule has 0 heterocycles. The van der Waals surface area contributed by atoms with Crippen molar-refractivity contribution in [3.05, 3.63) is 5.21 Å². The molecule has 0 aliphatic carbocycles. The van der Waals surface area contributed by atoms with E-state index >= 15 is 0 Å². The summed E-state index contributed by atoms with van der Waals surface area (Å²) in [5.74, 6) is -2.20. The first-order valence-corrected chi connectivity index (χ1v) is 5.19. The fraction of sp³-hybridized carbons (Fsp3) is 0.667. The van der Waals surface area contributed by atoms with Crippen LogP contribution < -0.4 is 0 Å². The van der Waals surface area contributed by atoms with E-state index in [0.717, 1.165) is 14.2 Å². The molecule has 0 aliphatic rings. The highest BCUT2D eigenvalue weighted by Gasteiger charge is 2.35. The van der Waals surface area contributed by atoms with Gasteiger partial charge in [-0.05, 0) is 0 Å². The van der Waals surface area contributed by atoms with Gasteiger partial charge in [0.15, 0.2) is 0 Å². The molecule has 0 radical (unpaired) electrons. The Hall–Kier alpha value is -1.73. The molecule has 0 N–H and O–H groups in total. The maximum atomic E-state index is 11.5. The molecule has 0 bridgehead atoms. The van der Waals surface area contributed by atoms with Gasteiger partial charge in [0.05, 0.1) is 14.2 Å². The quantitative estimate of drug-likeness (QED) is 0.166. The molecular formula is C9H16BNO6. The molecule has 0 fully saturated rings. The second kappa shape index (κ2) is 7.53. The SMILES string of the molecule is CCB(CC)O[N+]([O-])=C(C(=O)OC)C(=O)OC. The number of carbonyl (C=O) groups excluding carboxylic acids is 2. The molecule has 96 valence electrons. The molecule has 0 aromatic rings. The van der Waals surface area contributed by atoms with E-state index in [1.165, 1.54) is 0 Å². The summed E-state index contributed by atoms with van der Waals surface area (Å²) in [4.78, 5) is 22.3. The van der Waals surface area contributed by atoms with Crippen molar-refractivity contribution in [2.24, 2.45) is 0 Å². The van der Waals surface area contributed by atoms with E-state index in [1.807, 2.05) is 13.8 Å². The molecule has 7 nitrogen and oxygen atoms in total. The number of ether oxygens (including phenoxy) is 2. The lowest BCUT2D eigenvalue weighted by atomic mass is 9.63. The van der Waals surface area contributed by atoms with E-state index in [4.69, 9.17) is 4.76 Å². The van der Waals surface area contributed by atoms with Crippen molar-refractivity contribution < 1.29 is 28.7 Å². The van der Waals surface area contributed by atoms with Crippen LogP contribution in [0.4, 0.5) is 0 Å². The van der Waals surface area contributed by atoms with Crippen molar-refractivity contribution in [3.8, 4) is 0 Å². The maximum Gasteiger partial charge on any atom is 0.434 e. The van der Waals surface area contributed by atoms with Gasteiger partial charge in [0.25, 0.3) is 6.92 Å². The van der Waals surface area contributed by atoms with Gasteiger partial charge in [0.1, 0.15) is 0 Å². The van der Waals surface area contributed by atoms with Crippen LogP contribution in [0.5, 0.6) is 0 Å². The van der Waals surface area contributed by atoms with Crippen LogP contribution in [0.3, 0.4) is 0 Å². The normalized spacial score (nSPS) is 9.18. The topological polar surface area (TPSA) is 87.9 Å². The Morgan fingerprint density at radius 2 is 1.53 bits per heavy atom. The van der Waals surface area contributed by atoms with Crippen molar-refractivity contribution in [1.29, 1.82) is 0 Å². The van der Waals surface area contributed by atoms with Crippen molar-refractivity contribution in [3.63, 3.8) is 0 Å². The summed E-state index contributed by atoms with van der Waals surface area (Å²) in [6, 6.07) is 0. The van der Waals surface area contributed by atoms with Crippen molar-refractivity contribution in [1.82, 2.24) is 0 Å². The van der Waals surface area contributed by atoms with Gasteiger partial charge < -0.3 is 14.2 Å². The average Bonchev–Trinajstić information content (AvgIpc) is 2.35. The van der Waals surface area contributed by atoms with Crippen molar-refractivity contribution in [2.75, 3.05) is 14.2 Å². The van der Waals surface area contributed by atoms with Crippen LogP contribution in [-0.4, -0.2) is 43.7 Å². The second-order valence-electron chi connectivity index (χ2n) is 3.13. The van der Waals surface area contributed by atoms with E-state index in [9.17, 15) is 14.8 Å². The Morgan fingerprint density at radius 1 is 1.12 bits per heavy atom. The van der Waals surface area contributed by atoms with Crippen LogP contribution >= 0.6 is 0 Å². The second-order valence-corrected chi connectivity index (χ2v) is 3.13. The number of rotatable bonds is 6. The zero-order valence-corrected chi connectivity index (χ0v) is 10.4. The fourth-order valence-electron chi connectivity index (χ4n) is 1.05. The van der Waals surface area contributed by atoms with Crippen molar-refractivity contribution >= 4 is 24.6 Å². The van der Waals surface area contributed by atoms with Crippen LogP contribution in [-0.2, 0) is 23.8 Å². The smallest absolute Gasteiger partial charge is 0.434 e. The lowest BCUT2D eigenvalue weighted by molar-refractivity contribution is -0.700. The van der Waals surface area contributed by atoms with E-state index in [1.54, 1.807) is 0 Å². The zero-order chi connectivity index (χ0) is 13.4. The van der Waals surface area contributed by atoms with Gasteiger partial charge in [-0.25, -0.2) is 9.59 Å². The molecule has 0 amide bonds. The molecule has 0 saturated heterocycles. The third kappa shape index (κ3) is 4.33. The number of hydrogen-bond acceptors (Lipinski definition) is 6. The number of carbonyl (C=O) groups is 2. The van der Waals surface area contributed by atoms with Gasteiger partial charge >= 0.3 is 17.7 Å². The Bertz CT molecular complexity index is 295. The first-order valence-electron chi connectivity index (χ1n) is 5.19. The van der Waals surface area contributed by atoms with Gasteiger partial charge in [-0.1, -0.05) is 26.5 Å². The lowest BCUT2D eigenvalue weighted by Crippen LogP contribution is -2.37. The van der Waals surface area contributed by atoms with E-state index in [2.05, 4.69) is 9.47 Å². The molecule has 8 heteroatoms. The standard InChI is InChI=1S/C9H16BNO6/c1-5-10(6-2)17-11(14)7(8(12)15-3)9(13)16-4/h5-6H2,1-4H3. The van der Waals surface area contributed by atoms with Gasteiger partial charge in [-0.3, -0.25) is 5.21 Å². The van der Waals surface area contributed by atoms with Crippen molar-refractivity contribution in [2.45, 2.75) is 26.5 Å². The number of esters is 2. The summed E-state index contributed by atoms with van der Waals surface area (Å²) >= 11 is 0. The molecule has 17 heavy (non-hydrogen) atoms. The monoisotopic (exact) mass is 245 g/mol. The minimum Gasteiger partial charge on any atom is -0.462 e. The molecule has 0 saturated carbocycles. The Labute approximate surface area is 100.0 Å². The molecule has 0 aliphatic heterocycles. The highest BCUT2D eigenvalue weighted by atomic mass is 16.8. The molecule has 0 spiro atoms.